The van der Waals surface area contributed by atoms with Crippen molar-refractivity contribution in [2.75, 3.05) is 13.1 Å². The zero-order valence-electron chi connectivity index (χ0n) is 15.4. The molecule has 7 heteroatoms. The Hall–Kier alpha value is -2.80. The zero-order valence-corrected chi connectivity index (χ0v) is 15.4. The summed E-state index contributed by atoms with van der Waals surface area (Å²) in [6.07, 6.45) is 0. The van der Waals surface area contributed by atoms with E-state index in [1.807, 2.05) is 26.0 Å². The van der Waals surface area contributed by atoms with Gasteiger partial charge in [0.15, 0.2) is 5.96 Å². The number of carbonyl (C=O) groups is 1. The summed E-state index contributed by atoms with van der Waals surface area (Å²) < 4.78 is 5.51. The molecule has 0 bridgehead atoms. The number of aryl methyl sites for hydroxylation is 1. The zero-order chi connectivity index (χ0) is 19.2. The van der Waals surface area contributed by atoms with E-state index in [4.69, 9.17) is 10.2 Å². The van der Waals surface area contributed by atoms with E-state index in [1.165, 1.54) is 0 Å². The van der Waals surface area contributed by atoms with E-state index in [0.29, 0.717) is 30.4 Å². The highest BCUT2D eigenvalue weighted by molar-refractivity contribution is 5.92. The number of rotatable bonds is 7. The summed E-state index contributed by atoms with van der Waals surface area (Å²) in [4.78, 5) is 15.8. The van der Waals surface area contributed by atoms with Crippen LogP contribution in [0.25, 0.3) is 0 Å². The SMILES string of the molecule is CCNC(=NCc1cccc(C(N)=O)c1)NCC(C)(O)c1ccc(C)o1. The van der Waals surface area contributed by atoms with Crippen LogP contribution >= 0.6 is 0 Å². The lowest BCUT2D eigenvalue weighted by Crippen LogP contribution is -2.44. The average Bonchev–Trinajstić information content (AvgIpc) is 3.05. The molecule has 0 aliphatic rings. The first-order valence-corrected chi connectivity index (χ1v) is 8.52. The van der Waals surface area contributed by atoms with Gasteiger partial charge in [-0.3, -0.25) is 4.79 Å². The summed E-state index contributed by atoms with van der Waals surface area (Å²) >= 11 is 0. The molecule has 1 amide bonds. The molecule has 0 fully saturated rings. The maximum atomic E-state index is 11.3. The fraction of sp³-hybridized carbons (Fsp3) is 0.368. The first-order chi connectivity index (χ1) is 12.3. The standard InChI is InChI=1S/C19H26N4O3/c1-4-21-18(22-11-14-6-5-7-15(10-14)17(20)24)23-12-19(3,25)16-9-8-13(2)26-16/h5-10,25H,4,11-12H2,1-3H3,(H2,20,24)(H2,21,22,23). The van der Waals surface area contributed by atoms with Gasteiger partial charge in [-0.15, -0.1) is 0 Å². The highest BCUT2D eigenvalue weighted by Crippen LogP contribution is 2.21. The van der Waals surface area contributed by atoms with Gasteiger partial charge in [0.1, 0.15) is 17.1 Å². The smallest absolute Gasteiger partial charge is 0.248 e. The van der Waals surface area contributed by atoms with Gasteiger partial charge in [0.25, 0.3) is 0 Å². The second-order valence-electron chi connectivity index (χ2n) is 6.30. The van der Waals surface area contributed by atoms with E-state index in [1.54, 1.807) is 31.2 Å². The average molecular weight is 358 g/mol. The number of benzene rings is 1. The Morgan fingerprint density at radius 1 is 1.31 bits per heavy atom. The fourth-order valence-corrected chi connectivity index (χ4v) is 2.40. The third-order valence-corrected chi connectivity index (χ3v) is 3.85. The number of amides is 1. The number of aliphatic imine (C=N–C) groups is 1. The Labute approximate surface area is 153 Å². The van der Waals surface area contributed by atoms with Crippen molar-refractivity contribution in [3.63, 3.8) is 0 Å². The molecule has 2 aromatic rings. The van der Waals surface area contributed by atoms with Gasteiger partial charge < -0.3 is 25.9 Å². The number of hydrogen-bond acceptors (Lipinski definition) is 4. The third kappa shape index (κ3) is 5.35. The highest BCUT2D eigenvalue weighted by atomic mass is 16.4. The van der Waals surface area contributed by atoms with Gasteiger partial charge in [-0.1, -0.05) is 12.1 Å². The summed E-state index contributed by atoms with van der Waals surface area (Å²) in [5, 5.41) is 16.8. The minimum absolute atomic E-state index is 0.229. The van der Waals surface area contributed by atoms with Crippen LogP contribution in [0, 0.1) is 6.92 Å². The molecule has 1 aromatic carbocycles. The van der Waals surface area contributed by atoms with Crippen molar-refractivity contribution in [1.82, 2.24) is 10.6 Å². The highest BCUT2D eigenvalue weighted by Gasteiger charge is 2.27. The number of nitrogens with two attached hydrogens (primary N) is 1. The van der Waals surface area contributed by atoms with Crippen LogP contribution < -0.4 is 16.4 Å². The van der Waals surface area contributed by atoms with E-state index in [-0.39, 0.29) is 6.54 Å². The van der Waals surface area contributed by atoms with E-state index >= 15 is 0 Å². The number of hydrogen-bond donors (Lipinski definition) is 4. The van der Waals surface area contributed by atoms with Gasteiger partial charge in [-0.05, 0) is 50.6 Å². The Balaban J connectivity index is 2.04. The molecule has 2 rings (SSSR count). The number of nitrogens with zero attached hydrogens (tertiary/aromatic N) is 1. The van der Waals surface area contributed by atoms with Crippen LogP contribution in [-0.2, 0) is 12.1 Å². The number of guanidine groups is 1. The molecule has 0 saturated heterocycles. The van der Waals surface area contributed by atoms with Crippen molar-refractivity contribution in [1.29, 1.82) is 0 Å². The molecule has 0 saturated carbocycles. The monoisotopic (exact) mass is 358 g/mol. The quantitative estimate of drug-likeness (QED) is 0.444. The maximum Gasteiger partial charge on any atom is 0.248 e. The van der Waals surface area contributed by atoms with Crippen LogP contribution in [0.5, 0.6) is 0 Å². The molecule has 7 nitrogen and oxygen atoms in total. The summed E-state index contributed by atoms with van der Waals surface area (Å²) in [6, 6.07) is 10.6. The lowest BCUT2D eigenvalue weighted by Gasteiger charge is -2.22. The molecule has 1 aromatic heterocycles. The van der Waals surface area contributed by atoms with E-state index < -0.39 is 11.5 Å². The summed E-state index contributed by atoms with van der Waals surface area (Å²) in [7, 11) is 0. The van der Waals surface area contributed by atoms with Crippen molar-refractivity contribution in [3.8, 4) is 0 Å². The predicted octanol–water partition coefficient (Wildman–Crippen LogP) is 1.65. The lowest BCUT2D eigenvalue weighted by atomic mass is 10.0. The predicted molar refractivity (Wildman–Crippen MR) is 101 cm³/mol. The van der Waals surface area contributed by atoms with Gasteiger partial charge in [0.2, 0.25) is 5.91 Å². The molecular weight excluding hydrogens is 332 g/mol. The molecule has 0 radical (unpaired) electrons. The Morgan fingerprint density at radius 3 is 2.69 bits per heavy atom. The van der Waals surface area contributed by atoms with Crippen LogP contribution in [0.4, 0.5) is 0 Å². The van der Waals surface area contributed by atoms with Crippen LogP contribution in [-0.4, -0.2) is 30.1 Å². The number of furan rings is 1. The van der Waals surface area contributed by atoms with Gasteiger partial charge in [-0.25, -0.2) is 4.99 Å². The van der Waals surface area contributed by atoms with Gasteiger partial charge in [0, 0.05) is 12.1 Å². The van der Waals surface area contributed by atoms with Crippen LogP contribution in [0.15, 0.2) is 45.8 Å². The summed E-state index contributed by atoms with van der Waals surface area (Å²) in [5.41, 5.74) is 5.45. The lowest BCUT2D eigenvalue weighted by molar-refractivity contribution is 0.0378. The van der Waals surface area contributed by atoms with E-state index in [2.05, 4.69) is 15.6 Å². The molecule has 0 aliphatic carbocycles. The number of nitrogens with one attached hydrogen (secondary N) is 2. The first-order valence-electron chi connectivity index (χ1n) is 8.52. The molecule has 1 heterocycles. The number of aliphatic hydroxyl groups is 1. The van der Waals surface area contributed by atoms with Crippen molar-refractivity contribution < 1.29 is 14.3 Å². The van der Waals surface area contributed by atoms with Gasteiger partial charge in [0.05, 0.1) is 13.1 Å². The molecule has 0 spiro atoms. The van der Waals surface area contributed by atoms with Crippen molar-refractivity contribution in [3.05, 3.63) is 59.0 Å². The Bertz CT molecular complexity index is 781. The third-order valence-electron chi connectivity index (χ3n) is 3.85. The maximum absolute atomic E-state index is 11.3. The Kier molecular flexibility index (Phi) is 6.41. The van der Waals surface area contributed by atoms with Crippen molar-refractivity contribution in [2.45, 2.75) is 32.9 Å². The normalized spacial score (nSPS) is 13.9. The number of carbonyl (C=O) groups excluding carboxylic acids is 1. The first kappa shape index (κ1) is 19.5. The summed E-state index contributed by atoms with van der Waals surface area (Å²) in [6.45, 7) is 6.75. The molecule has 0 aliphatic heterocycles. The molecule has 26 heavy (non-hydrogen) atoms. The van der Waals surface area contributed by atoms with Crippen LogP contribution in [0.2, 0.25) is 0 Å². The minimum Gasteiger partial charge on any atom is -0.463 e. The Morgan fingerprint density at radius 2 is 2.08 bits per heavy atom. The van der Waals surface area contributed by atoms with E-state index in [9.17, 15) is 9.90 Å². The summed E-state index contributed by atoms with van der Waals surface area (Å²) in [5.74, 6) is 1.33. The molecule has 5 N–H and O–H groups in total. The van der Waals surface area contributed by atoms with Gasteiger partial charge in [-0.2, -0.15) is 0 Å². The van der Waals surface area contributed by atoms with Gasteiger partial charge >= 0.3 is 0 Å². The second-order valence-corrected chi connectivity index (χ2v) is 6.30. The minimum atomic E-state index is -1.17. The van der Waals surface area contributed by atoms with Crippen LogP contribution in [0.3, 0.4) is 0 Å². The molecule has 140 valence electrons. The largest absolute Gasteiger partial charge is 0.463 e. The van der Waals surface area contributed by atoms with Crippen molar-refractivity contribution in [2.24, 2.45) is 10.7 Å². The molecule has 1 atom stereocenters. The molecular formula is C19H26N4O3. The topological polar surface area (TPSA) is 113 Å². The fourth-order valence-electron chi connectivity index (χ4n) is 2.40. The molecule has 1 unspecified atom stereocenters. The second kappa shape index (κ2) is 8.53. The van der Waals surface area contributed by atoms with Crippen LogP contribution in [0.1, 0.15) is 41.3 Å². The number of primary amides is 1. The van der Waals surface area contributed by atoms with Crippen molar-refractivity contribution >= 4 is 11.9 Å². The van der Waals surface area contributed by atoms with E-state index in [0.717, 1.165) is 11.3 Å².